The molecule has 0 aliphatic rings. The lowest BCUT2D eigenvalue weighted by Crippen LogP contribution is -1.94. The predicted octanol–water partition coefficient (Wildman–Crippen LogP) is 4.20. The Morgan fingerprint density at radius 1 is 0.944 bits per heavy atom. The van der Waals surface area contributed by atoms with Gasteiger partial charge in [-0.05, 0) is 47.7 Å². The van der Waals surface area contributed by atoms with Crippen LogP contribution in [0.1, 0.15) is 25.0 Å². The zero-order chi connectivity index (χ0) is 13.1. The Morgan fingerprint density at radius 3 is 2.33 bits per heavy atom. The smallest absolute Gasteiger partial charge is 0.133 e. The van der Waals surface area contributed by atoms with E-state index in [0.29, 0.717) is 11.3 Å². The van der Waals surface area contributed by atoms with Gasteiger partial charge in [0.1, 0.15) is 5.82 Å². The number of benzene rings is 2. The Labute approximate surface area is 107 Å². The van der Waals surface area contributed by atoms with Gasteiger partial charge in [-0.3, -0.25) is 0 Å². The molecule has 0 unspecified atom stereocenters. The second-order valence-electron chi connectivity index (χ2n) is 4.44. The summed E-state index contributed by atoms with van der Waals surface area (Å²) in [5.74, 6) is -0.252. The molecule has 0 aliphatic heterocycles. The molecule has 2 aromatic rings. The van der Waals surface area contributed by atoms with Crippen molar-refractivity contribution in [2.45, 2.75) is 26.7 Å². The van der Waals surface area contributed by atoms with Gasteiger partial charge in [-0.1, -0.05) is 32.0 Å². The van der Waals surface area contributed by atoms with Crippen LogP contribution in [0.4, 0.5) is 10.1 Å². The van der Waals surface area contributed by atoms with E-state index >= 15 is 0 Å². The van der Waals surface area contributed by atoms with Gasteiger partial charge in [0.25, 0.3) is 0 Å². The van der Waals surface area contributed by atoms with Crippen molar-refractivity contribution in [3.8, 4) is 11.1 Å². The fourth-order valence-electron chi connectivity index (χ4n) is 2.15. The van der Waals surface area contributed by atoms with Crippen molar-refractivity contribution in [1.82, 2.24) is 0 Å². The highest BCUT2D eigenvalue weighted by Crippen LogP contribution is 2.29. The van der Waals surface area contributed by atoms with Crippen LogP contribution in [0.2, 0.25) is 0 Å². The van der Waals surface area contributed by atoms with Crippen LogP contribution >= 0.6 is 0 Å². The highest BCUT2D eigenvalue weighted by atomic mass is 19.1. The summed E-state index contributed by atoms with van der Waals surface area (Å²) in [6, 6.07) is 11.2. The van der Waals surface area contributed by atoms with E-state index in [2.05, 4.69) is 32.0 Å². The van der Waals surface area contributed by atoms with Gasteiger partial charge in [0.15, 0.2) is 0 Å². The van der Waals surface area contributed by atoms with E-state index in [4.69, 9.17) is 5.73 Å². The molecule has 0 bridgehead atoms. The molecule has 0 amide bonds. The molecule has 0 aliphatic carbocycles. The summed E-state index contributed by atoms with van der Waals surface area (Å²) in [5, 5.41) is 0. The number of nitrogens with two attached hydrogens (primary N) is 1. The normalized spacial score (nSPS) is 10.6. The van der Waals surface area contributed by atoms with Crippen molar-refractivity contribution < 1.29 is 4.39 Å². The van der Waals surface area contributed by atoms with Crippen LogP contribution < -0.4 is 5.73 Å². The van der Waals surface area contributed by atoms with Crippen molar-refractivity contribution in [2.75, 3.05) is 5.73 Å². The molecule has 2 N–H and O–H groups in total. The first-order chi connectivity index (χ1) is 8.65. The van der Waals surface area contributed by atoms with Crippen LogP contribution in [-0.4, -0.2) is 0 Å². The molecule has 0 atom stereocenters. The molecule has 0 saturated carbocycles. The highest BCUT2D eigenvalue weighted by molar-refractivity contribution is 5.70. The van der Waals surface area contributed by atoms with Crippen LogP contribution in [0.3, 0.4) is 0 Å². The summed E-state index contributed by atoms with van der Waals surface area (Å²) in [6.07, 6.45) is 1.84. The minimum atomic E-state index is -0.252. The lowest BCUT2D eigenvalue weighted by molar-refractivity contribution is 0.632. The van der Waals surface area contributed by atoms with Crippen LogP contribution in [-0.2, 0) is 12.8 Å². The first kappa shape index (κ1) is 12.6. The molecule has 18 heavy (non-hydrogen) atoms. The molecular weight excluding hydrogens is 225 g/mol. The number of hydrogen-bond acceptors (Lipinski definition) is 1. The fraction of sp³-hybridized carbons (Fsp3) is 0.250. The average molecular weight is 243 g/mol. The Balaban J connectivity index is 2.60. The minimum Gasteiger partial charge on any atom is -0.399 e. The summed E-state index contributed by atoms with van der Waals surface area (Å²) in [7, 11) is 0. The van der Waals surface area contributed by atoms with Crippen molar-refractivity contribution in [3.63, 3.8) is 0 Å². The maximum Gasteiger partial charge on any atom is 0.133 e. The summed E-state index contributed by atoms with van der Waals surface area (Å²) in [4.78, 5) is 0. The maximum absolute atomic E-state index is 14.0. The van der Waals surface area contributed by atoms with E-state index < -0.39 is 0 Å². The summed E-state index contributed by atoms with van der Waals surface area (Å²) in [6.45, 7) is 4.18. The van der Waals surface area contributed by atoms with Gasteiger partial charge in [-0.2, -0.15) is 0 Å². The second-order valence-corrected chi connectivity index (χ2v) is 4.44. The average Bonchev–Trinajstić information content (AvgIpc) is 2.38. The van der Waals surface area contributed by atoms with Crippen molar-refractivity contribution in [1.29, 1.82) is 0 Å². The van der Waals surface area contributed by atoms with Crippen molar-refractivity contribution in [2.24, 2.45) is 0 Å². The van der Waals surface area contributed by atoms with E-state index in [-0.39, 0.29) is 5.82 Å². The van der Waals surface area contributed by atoms with E-state index in [1.165, 1.54) is 11.6 Å². The van der Waals surface area contributed by atoms with Crippen molar-refractivity contribution in [3.05, 3.63) is 53.3 Å². The zero-order valence-electron chi connectivity index (χ0n) is 10.8. The number of anilines is 1. The summed E-state index contributed by atoms with van der Waals surface area (Å²) in [5.41, 5.74) is 10.1. The molecular formula is C16H18FN. The molecule has 0 spiro atoms. The van der Waals surface area contributed by atoms with Gasteiger partial charge in [-0.15, -0.1) is 0 Å². The standard InChI is InChI=1S/C16H18FN/c1-3-11-5-6-12(4-2)15(9-11)14-8-7-13(18)10-16(14)17/h5-10H,3-4,18H2,1-2H3. The maximum atomic E-state index is 14.0. The number of aryl methyl sites for hydroxylation is 2. The quantitative estimate of drug-likeness (QED) is 0.803. The highest BCUT2D eigenvalue weighted by Gasteiger charge is 2.10. The predicted molar refractivity (Wildman–Crippen MR) is 75.0 cm³/mol. The molecule has 1 nitrogen and oxygen atoms in total. The lowest BCUT2D eigenvalue weighted by Gasteiger charge is -2.11. The van der Waals surface area contributed by atoms with Gasteiger partial charge >= 0.3 is 0 Å². The zero-order valence-corrected chi connectivity index (χ0v) is 10.8. The first-order valence-electron chi connectivity index (χ1n) is 6.33. The van der Waals surface area contributed by atoms with E-state index in [0.717, 1.165) is 24.0 Å². The van der Waals surface area contributed by atoms with Crippen LogP contribution in [0.25, 0.3) is 11.1 Å². The van der Waals surface area contributed by atoms with Crippen LogP contribution in [0, 0.1) is 5.82 Å². The molecule has 2 aromatic carbocycles. The number of halogens is 1. The third-order valence-electron chi connectivity index (χ3n) is 3.25. The van der Waals surface area contributed by atoms with E-state index in [1.807, 2.05) is 0 Å². The molecule has 0 aromatic heterocycles. The molecule has 0 fully saturated rings. The Bertz CT molecular complexity index is 561. The number of hydrogen-bond donors (Lipinski definition) is 1. The fourth-order valence-corrected chi connectivity index (χ4v) is 2.15. The van der Waals surface area contributed by atoms with Gasteiger partial charge in [0, 0.05) is 11.3 Å². The first-order valence-corrected chi connectivity index (χ1v) is 6.33. The van der Waals surface area contributed by atoms with Gasteiger partial charge in [-0.25, -0.2) is 4.39 Å². The number of nitrogen functional groups attached to an aromatic ring is 1. The Morgan fingerprint density at radius 2 is 1.72 bits per heavy atom. The second kappa shape index (κ2) is 5.21. The Hall–Kier alpha value is -1.83. The minimum absolute atomic E-state index is 0.252. The third-order valence-corrected chi connectivity index (χ3v) is 3.25. The molecule has 0 saturated heterocycles. The summed E-state index contributed by atoms with van der Waals surface area (Å²) >= 11 is 0. The molecule has 2 heteroatoms. The molecule has 2 rings (SSSR count). The topological polar surface area (TPSA) is 26.0 Å². The van der Waals surface area contributed by atoms with Gasteiger partial charge in [0.2, 0.25) is 0 Å². The van der Waals surface area contributed by atoms with Crippen molar-refractivity contribution >= 4 is 5.69 Å². The largest absolute Gasteiger partial charge is 0.399 e. The monoisotopic (exact) mass is 243 g/mol. The molecule has 0 heterocycles. The van der Waals surface area contributed by atoms with Gasteiger partial charge in [0.05, 0.1) is 0 Å². The molecule has 0 radical (unpaired) electrons. The van der Waals surface area contributed by atoms with Crippen LogP contribution in [0.15, 0.2) is 36.4 Å². The SMILES string of the molecule is CCc1ccc(CC)c(-c2ccc(N)cc2F)c1. The van der Waals surface area contributed by atoms with E-state index in [1.54, 1.807) is 12.1 Å². The third kappa shape index (κ3) is 2.37. The molecule has 94 valence electrons. The summed E-state index contributed by atoms with van der Waals surface area (Å²) < 4.78 is 14.0. The van der Waals surface area contributed by atoms with Gasteiger partial charge < -0.3 is 5.73 Å². The van der Waals surface area contributed by atoms with E-state index in [9.17, 15) is 4.39 Å². The number of rotatable bonds is 3. The van der Waals surface area contributed by atoms with Crippen LogP contribution in [0.5, 0.6) is 0 Å². The lowest BCUT2D eigenvalue weighted by atomic mass is 9.94. The Kier molecular flexibility index (Phi) is 3.66.